The topological polar surface area (TPSA) is 72.4 Å². The summed E-state index contributed by atoms with van der Waals surface area (Å²) in [6, 6.07) is 0. The molecule has 0 radical (unpaired) electrons. The molecule has 0 amide bonds. The van der Waals surface area contributed by atoms with E-state index >= 15 is 0 Å². The first-order valence-corrected chi connectivity index (χ1v) is 10.4. The Labute approximate surface area is 180 Å². The number of rotatable bonds is 7. The average Bonchev–Trinajstić information content (AvgIpc) is 3.23. The molecule has 3 rings (SSSR count). The normalized spacial score (nSPS) is 19.7. The average molecular weight is 489 g/mol. The van der Waals surface area contributed by atoms with Crippen molar-refractivity contribution in [3.63, 3.8) is 0 Å². The Balaban J connectivity index is 0.00000261. The van der Waals surface area contributed by atoms with Gasteiger partial charge in [-0.05, 0) is 58.2 Å². The maximum atomic E-state index is 4.48. The fourth-order valence-corrected chi connectivity index (χ4v) is 4.13. The molecule has 2 fully saturated rings. The van der Waals surface area contributed by atoms with Crippen molar-refractivity contribution in [2.45, 2.75) is 57.3 Å². The molecule has 0 spiro atoms. The van der Waals surface area contributed by atoms with Crippen LogP contribution in [0.3, 0.4) is 0 Å². The van der Waals surface area contributed by atoms with Gasteiger partial charge in [-0.3, -0.25) is 10.1 Å². The van der Waals surface area contributed by atoms with Crippen LogP contribution in [0.15, 0.2) is 11.3 Å². The van der Waals surface area contributed by atoms with Gasteiger partial charge >= 0.3 is 0 Å². The summed E-state index contributed by atoms with van der Waals surface area (Å²) in [4.78, 5) is 13.8. The molecule has 7 nitrogen and oxygen atoms in total. The van der Waals surface area contributed by atoms with E-state index in [4.69, 9.17) is 0 Å². The fraction of sp³-hybridized carbons (Fsp3) is 0.842. The van der Waals surface area contributed by atoms with Crippen LogP contribution in [0.1, 0.15) is 63.1 Å². The Morgan fingerprint density at radius 1 is 1.15 bits per heavy atom. The van der Waals surface area contributed by atoms with E-state index in [1.54, 1.807) is 6.33 Å². The lowest BCUT2D eigenvalue weighted by Gasteiger charge is -2.33. The van der Waals surface area contributed by atoms with Crippen molar-refractivity contribution >= 4 is 29.9 Å². The molecule has 1 aromatic rings. The third-order valence-electron chi connectivity index (χ3n) is 5.71. The highest BCUT2D eigenvalue weighted by molar-refractivity contribution is 14.0. The SMILES string of the molecule is CN=C(NCCCCCN1CCCCC1)N1CCC(c2ncn[nH]2)CC1.I. The van der Waals surface area contributed by atoms with Gasteiger partial charge in [-0.1, -0.05) is 12.8 Å². The third kappa shape index (κ3) is 7.21. The van der Waals surface area contributed by atoms with Crippen LogP contribution in [0.2, 0.25) is 0 Å². The maximum absolute atomic E-state index is 4.48. The van der Waals surface area contributed by atoms with Gasteiger partial charge in [-0.15, -0.1) is 24.0 Å². The van der Waals surface area contributed by atoms with Gasteiger partial charge in [0.2, 0.25) is 0 Å². The zero-order valence-corrected chi connectivity index (χ0v) is 19.0. The van der Waals surface area contributed by atoms with Crippen LogP contribution in [0, 0.1) is 0 Å². The Morgan fingerprint density at radius 2 is 1.93 bits per heavy atom. The molecule has 2 N–H and O–H groups in total. The monoisotopic (exact) mass is 489 g/mol. The molecule has 154 valence electrons. The zero-order chi connectivity index (χ0) is 18.0. The van der Waals surface area contributed by atoms with Crippen LogP contribution in [0.5, 0.6) is 0 Å². The summed E-state index contributed by atoms with van der Waals surface area (Å²) in [5.41, 5.74) is 0. The van der Waals surface area contributed by atoms with E-state index in [0.29, 0.717) is 5.92 Å². The van der Waals surface area contributed by atoms with Gasteiger partial charge in [0, 0.05) is 32.6 Å². The summed E-state index contributed by atoms with van der Waals surface area (Å²) in [7, 11) is 1.89. The van der Waals surface area contributed by atoms with Crippen molar-refractivity contribution in [2.24, 2.45) is 4.99 Å². The Bertz CT molecular complexity index is 520. The molecule has 0 unspecified atom stereocenters. The van der Waals surface area contributed by atoms with E-state index in [2.05, 4.69) is 35.3 Å². The predicted octanol–water partition coefficient (Wildman–Crippen LogP) is 2.83. The van der Waals surface area contributed by atoms with Gasteiger partial charge in [-0.2, -0.15) is 5.10 Å². The van der Waals surface area contributed by atoms with Gasteiger partial charge in [-0.25, -0.2) is 4.98 Å². The van der Waals surface area contributed by atoms with Gasteiger partial charge in [0.1, 0.15) is 12.2 Å². The number of halogens is 1. The highest BCUT2D eigenvalue weighted by Gasteiger charge is 2.24. The first-order chi connectivity index (χ1) is 12.9. The standard InChI is InChI=1S/C19H35N7.HI/c1-20-19(21-10-4-2-5-11-25-12-6-3-7-13-25)26-14-8-17(9-15-26)18-22-16-23-24-18;/h16-17H,2-15H2,1H3,(H,20,21)(H,22,23,24);1H. The lowest BCUT2D eigenvalue weighted by atomic mass is 9.96. The summed E-state index contributed by atoms with van der Waals surface area (Å²) in [6.45, 7) is 6.99. The summed E-state index contributed by atoms with van der Waals surface area (Å²) < 4.78 is 0. The van der Waals surface area contributed by atoms with E-state index in [1.807, 2.05) is 7.05 Å². The third-order valence-corrected chi connectivity index (χ3v) is 5.71. The van der Waals surface area contributed by atoms with E-state index in [1.165, 1.54) is 58.2 Å². The number of unbranched alkanes of at least 4 members (excludes halogenated alkanes) is 2. The van der Waals surface area contributed by atoms with Crippen molar-refractivity contribution < 1.29 is 0 Å². The first-order valence-electron chi connectivity index (χ1n) is 10.4. The molecule has 8 heteroatoms. The van der Waals surface area contributed by atoms with Gasteiger partial charge < -0.3 is 15.1 Å². The number of aromatic amines is 1. The van der Waals surface area contributed by atoms with Gasteiger partial charge in [0.25, 0.3) is 0 Å². The summed E-state index contributed by atoms with van der Waals surface area (Å²) in [5.74, 6) is 2.58. The highest BCUT2D eigenvalue weighted by atomic mass is 127. The fourth-order valence-electron chi connectivity index (χ4n) is 4.13. The molecule has 1 aromatic heterocycles. The minimum Gasteiger partial charge on any atom is -0.356 e. The van der Waals surface area contributed by atoms with E-state index in [-0.39, 0.29) is 24.0 Å². The number of nitrogens with zero attached hydrogens (tertiary/aromatic N) is 5. The number of likely N-dealkylation sites (tertiary alicyclic amines) is 2. The Kier molecular flexibility index (Phi) is 10.4. The number of aliphatic imine (C=N–C) groups is 1. The molecule has 3 heterocycles. The zero-order valence-electron chi connectivity index (χ0n) is 16.7. The van der Waals surface area contributed by atoms with Crippen molar-refractivity contribution in [1.29, 1.82) is 0 Å². The number of guanidine groups is 1. The molecule has 0 saturated carbocycles. The maximum Gasteiger partial charge on any atom is 0.193 e. The van der Waals surface area contributed by atoms with Gasteiger partial charge in [0.05, 0.1) is 0 Å². The lowest BCUT2D eigenvalue weighted by Crippen LogP contribution is -2.45. The van der Waals surface area contributed by atoms with E-state index in [0.717, 1.165) is 44.3 Å². The molecule has 2 aliphatic rings. The minimum absolute atomic E-state index is 0. The number of H-pyrrole nitrogens is 1. The van der Waals surface area contributed by atoms with Crippen molar-refractivity contribution in [1.82, 2.24) is 30.3 Å². The molecule has 0 bridgehead atoms. The summed E-state index contributed by atoms with van der Waals surface area (Å²) in [6.07, 6.45) is 11.9. The quantitative estimate of drug-likeness (QED) is 0.267. The van der Waals surface area contributed by atoms with Crippen molar-refractivity contribution in [3.8, 4) is 0 Å². The molecule has 0 aromatic carbocycles. The molecule has 2 aliphatic heterocycles. The highest BCUT2D eigenvalue weighted by Crippen LogP contribution is 2.24. The lowest BCUT2D eigenvalue weighted by molar-refractivity contribution is 0.224. The van der Waals surface area contributed by atoms with Gasteiger partial charge in [0.15, 0.2) is 5.96 Å². The second-order valence-corrected chi connectivity index (χ2v) is 7.57. The van der Waals surface area contributed by atoms with E-state index in [9.17, 15) is 0 Å². The Hall–Kier alpha value is -0.900. The van der Waals surface area contributed by atoms with Crippen LogP contribution in [0.25, 0.3) is 0 Å². The minimum atomic E-state index is 0. The molecular formula is C19H36IN7. The van der Waals surface area contributed by atoms with Crippen LogP contribution < -0.4 is 5.32 Å². The van der Waals surface area contributed by atoms with Crippen LogP contribution in [-0.4, -0.2) is 77.3 Å². The number of aromatic nitrogens is 3. The molecule has 0 aliphatic carbocycles. The smallest absolute Gasteiger partial charge is 0.193 e. The van der Waals surface area contributed by atoms with E-state index < -0.39 is 0 Å². The van der Waals surface area contributed by atoms with Crippen molar-refractivity contribution in [3.05, 3.63) is 12.2 Å². The predicted molar refractivity (Wildman–Crippen MR) is 121 cm³/mol. The second-order valence-electron chi connectivity index (χ2n) is 7.57. The number of piperidine rings is 2. The van der Waals surface area contributed by atoms with Crippen molar-refractivity contribution in [2.75, 3.05) is 46.3 Å². The summed E-state index contributed by atoms with van der Waals surface area (Å²) in [5, 5.41) is 10.5. The first kappa shape index (κ1) is 22.4. The molecule has 2 saturated heterocycles. The largest absolute Gasteiger partial charge is 0.356 e. The number of nitrogens with one attached hydrogen (secondary N) is 2. The van der Waals surface area contributed by atoms with Crippen LogP contribution >= 0.6 is 24.0 Å². The number of hydrogen-bond acceptors (Lipinski definition) is 4. The Morgan fingerprint density at radius 3 is 2.59 bits per heavy atom. The second kappa shape index (κ2) is 12.5. The molecule has 0 atom stereocenters. The molecule has 27 heavy (non-hydrogen) atoms. The summed E-state index contributed by atoms with van der Waals surface area (Å²) >= 11 is 0. The van der Waals surface area contributed by atoms with Crippen LogP contribution in [-0.2, 0) is 0 Å². The van der Waals surface area contributed by atoms with Crippen LogP contribution in [0.4, 0.5) is 0 Å². The molecular weight excluding hydrogens is 453 g/mol. The number of hydrogen-bond donors (Lipinski definition) is 2.